The zero-order valence-electron chi connectivity index (χ0n) is 13.6. The second-order valence-electron chi connectivity index (χ2n) is 6.65. The predicted molar refractivity (Wildman–Crippen MR) is 90.6 cm³/mol. The van der Waals surface area contributed by atoms with E-state index in [9.17, 15) is 4.79 Å². The van der Waals surface area contributed by atoms with Crippen molar-refractivity contribution in [1.29, 1.82) is 5.26 Å². The summed E-state index contributed by atoms with van der Waals surface area (Å²) in [6.07, 6.45) is 5.60. The van der Waals surface area contributed by atoms with Crippen LogP contribution < -0.4 is 11.1 Å². The number of hydrogen-bond donors (Lipinski definition) is 3. The molecule has 0 saturated heterocycles. The molecule has 6 nitrogen and oxygen atoms in total. The average molecular weight is 311 g/mol. The van der Waals surface area contributed by atoms with Gasteiger partial charge in [-0.3, -0.25) is 4.79 Å². The first kappa shape index (κ1) is 16.6. The van der Waals surface area contributed by atoms with E-state index in [0.717, 1.165) is 28.8 Å². The van der Waals surface area contributed by atoms with Gasteiger partial charge in [-0.1, -0.05) is 26.8 Å². The number of rotatable bonds is 5. The number of H-pyrrole nitrogens is 1. The van der Waals surface area contributed by atoms with E-state index in [1.54, 1.807) is 12.3 Å². The Morgan fingerprint density at radius 3 is 2.87 bits per heavy atom. The molecular weight excluding hydrogens is 290 g/mol. The Morgan fingerprint density at radius 2 is 2.26 bits per heavy atom. The van der Waals surface area contributed by atoms with Crippen molar-refractivity contribution < 1.29 is 4.79 Å². The smallest absolute Gasteiger partial charge is 0.259 e. The molecule has 2 aromatic heterocycles. The molecular formula is C17H21N5O. The number of fused-ring (bicyclic) bond motifs is 1. The lowest BCUT2D eigenvalue weighted by atomic mass is 9.97. The highest BCUT2D eigenvalue weighted by molar-refractivity contribution is 5.96. The van der Waals surface area contributed by atoms with Crippen molar-refractivity contribution in [1.82, 2.24) is 9.97 Å². The van der Waals surface area contributed by atoms with Crippen molar-refractivity contribution >= 4 is 22.6 Å². The molecule has 0 aliphatic rings. The van der Waals surface area contributed by atoms with Gasteiger partial charge in [0, 0.05) is 18.1 Å². The maximum atomic E-state index is 11.1. The molecule has 2 rings (SSSR count). The number of amides is 1. The molecule has 23 heavy (non-hydrogen) atoms. The van der Waals surface area contributed by atoms with Crippen LogP contribution in [0.4, 0.5) is 5.69 Å². The quantitative estimate of drug-likeness (QED) is 0.582. The van der Waals surface area contributed by atoms with E-state index in [-0.39, 0.29) is 11.0 Å². The fraction of sp³-hybridized carbons (Fsp3) is 0.353. The summed E-state index contributed by atoms with van der Waals surface area (Å²) in [5.41, 5.74) is 7.95. The predicted octanol–water partition coefficient (Wildman–Crippen LogP) is 2.50. The number of aromatic amines is 1. The summed E-state index contributed by atoms with van der Waals surface area (Å²) >= 11 is 0. The van der Waals surface area contributed by atoms with Crippen LogP contribution >= 0.6 is 0 Å². The van der Waals surface area contributed by atoms with Crippen molar-refractivity contribution in [2.45, 2.75) is 27.2 Å². The van der Waals surface area contributed by atoms with Crippen LogP contribution in [-0.4, -0.2) is 22.4 Å². The number of nitrogens with zero attached hydrogens (tertiary/aromatic N) is 2. The molecule has 2 heterocycles. The maximum Gasteiger partial charge on any atom is 0.259 e. The minimum absolute atomic E-state index is 0.0330. The Balaban J connectivity index is 2.25. The van der Waals surface area contributed by atoms with Gasteiger partial charge in [0.15, 0.2) is 0 Å². The second kappa shape index (κ2) is 6.53. The van der Waals surface area contributed by atoms with Gasteiger partial charge in [0.1, 0.15) is 17.3 Å². The van der Waals surface area contributed by atoms with Gasteiger partial charge in [0.25, 0.3) is 5.91 Å². The molecule has 0 aliphatic heterocycles. The van der Waals surface area contributed by atoms with E-state index in [4.69, 9.17) is 11.0 Å². The molecule has 2 aromatic rings. The van der Waals surface area contributed by atoms with Crippen LogP contribution in [0.1, 0.15) is 26.3 Å². The van der Waals surface area contributed by atoms with Crippen molar-refractivity contribution in [2.24, 2.45) is 11.1 Å². The van der Waals surface area contributed by atoms with Crippen LogP contribution in [0.25, 0.3) is 11.0 Å². The van der Waals surface area contributed by atoms with Gasteiger partial charge in [0.2, 0.25) is 0 Å². The highest BCUT2D eigenvalue weighted by atomic mass is 16.1. The van der Waals surface area contributed by atoms with Crippen LogP contribution in [0.5, 0.6) is 0 Å². The molecule has 0 bridgehead atoms. The molecule has 0 aliphatic carbocycles. The van der Waals surface area contributed by atoms with Gasteiger partial charge >= 0.3 is 0 Å². The van der Waals surface area contributed by atoms with Crippen molar-refractivity contribution in [3.63, 3.8) is 0 Å². The number of nitrogens with one attached hydrogen (secondary N) is 2. The largest absolute Gasteiger partial charge is 0.383 e. The Kier molecular flexibility index (Phi) is 4.70. The molecule has 0 saturated carbocycles. The van der Waals surface area contributed by atoms with Gasteiger partial charge < -0.3 is 16.0 Å². The number of allylic oxidation sites excluding steroid dienone is 1. The monoisotopic (exact) mass is 311 g/mol. The Morgan fingerprint density at radius 1 is 1.52 bits per heavy atom. The summed E-state index contributed by atoms with van der Waals surface area (Å²) in [6, 6.07) is 3.83. The Hall–Kier alpha value is -2.81. The van der Waals surface area contributed by atoms with Crippen molar-refractivity contribution in [2.75, 3.05) is 11.9 Å². The fourth-order valence-electron chi connectivity index (χ4n) is 2.10. The maximum absolute atomic E-state index is 11.1. The van der Waals surface area contributed by atoms with Gasteiger partial charge in [-0.2, -0.15) is 5.26 Å². The Labute approximate surface area is 135 Å². The van der Waals surface area contributed by atoms with Crippen molar-refractivity contribution in [3.8, 4) is 6.07 Å². The lowest BCUT2D eigenvalue weighted by molar-refractivity contribution is -0.114. The summed E-state index contributed by atoms with van der Waals surface area (Å²) in [5, 5.41) is 13.2. The van der Waals surface area contributed by atoms with Gasteiger partial charge in [0.05, 0.1) is 11.9 Å². The molecule has 1 amide bonds. The van der Waals surface area contributed by atoms with E-state index in [1.165, 1.54) is 0 Å². The summed E-state index contributed by atoms with van der Waals surface area (Å²) < 4.78 is 0. The minimum Gasteiger partial charge on any atom is -0.383 e. The van der Waals surface area contributed by atoms with Crippen LogP contribution in [-0.2, 0) is 11.2 Å². The third kappa shape index (κ3) is 4.33. The number of hydrogen-bond acceptors (Lipinski definition) is 4. The van der Waals surface area contributed by atoms with Crippen molar-refractivity contribution in [3.05, 3.63) is 35.7 Å². The van der Waals surface area contributed by atoms with Gasteiger partial charge in [-0.15, -0.1) is 0 Å². The lowest BCUT2D eigenvalue weighted by Crippen LogP contribution is -2.19. The number of carbonyl (C=O) groups is 1. The Bertz CT molecular complexity index is 789. The molecule has 4 N–H and O–H groups in total. The third-order valence-electron chi connectivity index (χ3n) is 3.35. The van der Waals surface area contributed by atoms with Crippen LogP contribution in [0.15, 0.2) is 30.1 Å². The first-order valence-electron chi connectivity index (χ1n) is 7.40. The normalized spacial score (nSPS) is 12.2. The van der Waals surface area contributed by atoms with E-state index in [2.05, 4.69) is 36.1 Å². The molecule has 0 aromatic carbocycles. The molecule has 0 radical (unpaired) electrons. The molecule has 0 spiro atoms. The molecule has 0 atom stereocenters. The van der Waals surface area contributed by atoms with Crippen LogP contribution in [0.2, 0.25) is 0 Å². The summed E-state index contributed by atoms with van der Waals surface area (Å²) in [6.45, 7) is 7.31. The fourth-order valence-corrected chi connectivity index (χ4v) is 2.10. The first-order valence-corrected chi connectivity index (χ1v) is 7.40. The minimum atomic E-state index is -0.710. The van der Waals surface area contributed by atoms with Gasteiger partial charge in [-0.25, -0.2) is 4.98 Å². The number of anilines is 1. The number of nitriles is 1. The topological polar surface area (TPSA) is 108 Å². The highest BCUT2D eigenvalue weighted by Crippen LogP contribution is 2.22. The standard InChI is InChI=1S/C17H21N5O/c1-17(2,3)10-22-13-6-14-12(8-20-16(14)21-9-13)5-4-11(7-18)15(19)23/h4,6,8-9,22H,5,10H2,1-3H3,(H2,19,23)(H,20,21). The molecule has 6 heteroatoms. The average Bonchev–Trinajstić information content (AvgIpc) is 2.87. The summed E-state index contributed by atoms with van der Waals surface area (Å²) in [4.78, 5) is 18.6. The number of pyridine rings is 1. The molecule has 120 valence electrons. The second-order valence-corrected chi connectivity index (χ2v) is 6.65. The zero-order valence-corrected chi connectivity index (χ0v) is 13.6. The number of primary amides is 1. The van der Waals surface area contributed by atoms with Gasteiger partial charge in [-0.05, 0) is 23.5 Å². The summed E-state index contributed by atoms with van der Waals surface area (Å²) in [7, 11) is 0. The van der Waals surface area contributed by atoms with Crippen LogP contribution in [0.3, 0.4) is 0 Å². The number of nitrogens with two attached hydrogens (primary N) is 1. The van der Waals surface area contributed by atoms with E-state index >= 15 is 0 Å². The first-order chi connectivity index (χ1) is 10.8. The number of carbonyl (C=O) groups excluding carboxylic acids is 1. The number of aromatic nitrogens is 2. The highest BCUT2D eigenvalue weighted by Gasteiger charge is 2.11. The molecule has 0 fully saturated rings. The third-order valence-corrected chi connectivity index (χ3v) is 3.35. The SMILES string of the molecule is CC(C)(C)CNc1cnc2[nH]cc(CC=C(C#N)C(N)=O)c2c1. The van der Waals surface area contributed by atoms with E-state index in [1.807, 2.05) is 18.3 Å². The van der Waals surface area contributed by atoms with E-state index in [0.29, 0.717) is 6.42 Å². The van der Waals surface area contributed by atoms with E-state index < -0.39 is 5.91 Å². The zero-order chi connectivity index (χ0) is 17.0. The lowest BCUT2D eigenvalue weighted by Gasteiger charge is -2.19. The molecule has 0 unspecified atom stereocenters. The van der Waals surface area contributed by atoms with Crippen LogP contribution in [0, 0.1) is 16.7 Å². The summed E-state index contributed by atoms with van der Waals surface area (Å²) in [5.74, 6) is -0.710.